The van der Waals surface area contributed by atoms with Crippen molar-refractivity contribution in [2.45, 2.75) is 115 Å². The van der Waals surface area contributed by atoms with Gasteiger partial charge in [0.1, 0.15) is 5.78 Å². The summed E-state index contributed by atoms with van der Waals surface area (Å²) >= 11 is 1.83. The summed E-state index contributed by atoms with van der Waals surface area (Å²) in [6.45, 7) is 4.49. The minimum atomic E-state index is -0.220. The quantitative estimate of drug-likeness (QED) is 0.245. The fourth-order valence-electron chi connectivity index (χ4n) is 3.95. The van der Waals surface area contributed by atoms with Crippen LogP contribution in [0.5, 0.6) is 0 Å². The van der Waals surface area contributed by atoms with E-state index in [9.17, 15) is 14.7 Å². The number of aliphatic hydroxyl groups is 1. The second-order valence-corrected chi connectivity index (χ2v) is 9.37. The molecule has 1 rings (SSSR count). The average molecular weight is 415 g/mol. The Bertz CT molecular complexity index is 427. The van der Waals surface area contributed by atoms with Gasteiger partial charge in [-0.2, -0.15) is 11.8 Å². The van der Waals surface area contributed by atoms with Crippen molar-refractivity contribution in [2.75, 3.05) is 12.4 Å². The van der Waals surface area contributed by atoms with Crippen LogP contribution in [-0.2, 0) is 14.3 Å². The lowest BCUT2D eigenvalue weighted by atomic mass is 9.98. The number of Topliss-reactive ketones (excluding diaryl/α,β-unsaturated/α-hetero) is 1. The number of ether oxygens (including phenoxy) is 1. The molecule has 0 amide bonds. The normalized spacial score (nSPS) is 20.5. The molecule has 0 aliphatic heterocycles. The predicted octanol–water partition coefficient (Wildman–Crippen LogP) is 5.69. The van der Waals surface area contributed by atoms with Crippen LogP contribution in [0.4, 0.5) is 0 Å². The molecule has 28 heavy (non-hydrogen) atoms. The third-order valence-electron chi connectivity index (χ3n) is 5.63. The van der Waals surface area contributed by atoms with Gasteiger partial charge >= 0.3 is 5.97 Å². The van der Waals surface area contributed by atoms with Crippen LogP contribution < -0.4 is 0 Å². The van der Waals surface area contributed by atoms with Crippen molar-refractivity contribution in [3.05, 3.63) is 0 Å². The van der Waals surface area contributed by atoms with Gasteiger partial charge in [-0.3, -0.25) is 9.59 Å². The van der Waals surface area contributed by atoms with Crippen molar-refractivity contribution in [3.8, 4) is 0 Å². The molecule has 0 aromatic rings. The number of thioether (sulfide) groups is 1. The molecule has 0 saturated heterocycles. The van der Waals surface area contributed by atoms with Crippen LogP contribution in [0.25, 0.3) is 0 Å². The number of esters is 1. The molecule has 3 unspecified atom stereocenters. The number of hydrogen-bond donors (Lipinski definition) is 1. The molecule has 0 spiro atoms. The van der Waals surface area contributed by atoms with E-state index in [-0.39, 0.29) is 18.0 Å². The lowest BCUT2D eigenvalue weighted by molar-refractivity contribution is -0.143. The Kier molecular flexibility index (Phi) is 14.8. The van der Waals surface area contributed by atoms with Gasteiger partial charge in [0.25, 0.3) is 0 Å². The van der Waals surface area contributed by atoms with Crippen molar-refractivity contribution in [1.29, 1.82) is 0 Å². The number of unbranched alkanes of at least 4 members (excludes halogenated alkanes) is 7. The maximum Gasteiger partial charge on any atom is 0.305 e. The molecule has 164 valence electrons. The number of carbonyl (C=O) groups is 2. The van der Waals surface area contributed by atoms with Gasteiger partial charge in [-0.15, -0.1) is 0 Å². The Hall–Kier alpha value is -0.550. The van der Waals surface area contributed by atoms with Crippen LogP contribution in [0, 0.1) is 5.92 Å². The van der Waals surface area contributed by atoms with E-state index in [1.54, 1.807) is 0 Å². The molecular formula is C23H42O4S. The first-order chi connectivity index (χ1) is 13.6. The standard InChI is InChI=1S/C23H42O4S/c1-3-5-10-13-19(24)18-28-22-17-16-21(25)20(22)14-11-8-6-7-9-12-15-23(26)27-4-2/h19-20,22,24H,3-18H2,1-2H3. The van der Waals surface area contributed by atoms with Gasteiger partial charge < -0.3 is 9.84 Å². The number of ketones is 1. The highest BCUT2D eigenvalue weighted by Gasteiger charge is 2.34. The molecule has 0 aromatic heterocycles. The fraction of sp³-hybridized carbons (Fsp3) is 0.913. The summed E-state index contributed by atoms with van der Waals surface area (Å²) in [5.41, 5.74) is 0. The van der Waals surface area contributed by atoms with Crippen molar-refractivity contribution in [3.63, 3.8) is 0 Å². The summed E-state index contributed by atoms with van der Waals surface area (Å²) in [4.78, 5) is 23.5. The minimum Gasteiger partial charge on any atom is -0.466 e. The fourth-order valence-corrected chi connectivity index (χ4v) is 5.39. The molecule has 0 aromatic carbocycles. The molecular weight excluding hydrogens is 372 g/mol. The average Bonchev–Trinajstić information content (AvgIpc) is 3.02. The highest BCUT2D eigenvalue weighted by molar-refractivity contribution is 8.00. The Balaban J connectivity index is 2.09. The Morgan fingerprint density at radius 1 is 1.11 bits per heavy atom. The Morgan fingerprint density at radius 3 is 2.54 bits per heavy atom. The van der Waals surface area contributed by atoms with Gasteiger partial charge in [-0.1, -0.05) is 58.3 Å². The van der Waals surface area contributed by atoms with E-state index < -0.39 is 0 Å². The van der Waals surface area contributed by atoms with E-state index in [4.69, 9.17) is 4.74 Å². The summed E-state index contributed by atoms with van der Waals surface area (Å²) in [6, 6.07) is 0. The van der Waals surface area contributed by atoms with Crippen molar-refractivity contribution >= 4 is 23.5 Å². The number of carbonyl (C=O) groups excluding carboxylic acids is 2. The third-order valence-corrected chi connectivity index (χ3v) is 7.20. The molecule has 1 N–H and O–H groups in total. The number of hydrogen-bond acceptors (Lipinski definition) is 5. The molecule has 1 fully saturated rings. The van der Waals surface area contributed by atoms with Crippen LogP contribution in [-0.4, -0.2) is 40.6 Å². The van der Waals surface area contributed by atoms with E-state index >= 15 is 0 Å². The van der Waals surface area contributed by atoms with E-state index in [1.165, 1.54) is 25.7 Å². The van der Waals surface area contributed by atoms with Crippen LogP contribution in [0.1, 0.15) is 104 Å². The maximum atomic E-state index is 12.2. The second kappa shape index (κ2) is 16.3. The van der Waals surface area contributed by atoms with E-state index in [0.717, 1.165) is 63.5 Å². The van der Waals surface area contributed by atoms with Crippen LogP contribution in [0.15, 0.2) is 0 Å². The number of aliphatic hydroxyl groups excluding tert-OH is 1. The summed E-state index contributed by atoms with van der Waals surface area (Å²) < 4.78 is 4.93. The highest BCUT2D eigenvalue weighted by Crippen LogP contribution is 2.36. The molecule has 0 bridgehead atoms. The molecule has 0 radical (unpaired) electrons. The molecule has 1 saturated carbocycles. The first-order valence-electron chi connectivity index (χ1n) is 11.6. The summed E-state index contributed by atoms with van der Waals surface area (Å²) in [7, 11) is 0. The zero-order valence-electron chi connectivity index (χ0n) is 18.1. The van der Waals surface area contributed by atoms with E-state index in [2.05, 4.69) is 6.92 Å². The Labute approximate surface area is 176 Å². The number of rotatable bonds is 17. The predicted molar refractivity (Wildman–Crippen MR) is 118 cm³/mol. The van der Waals surface area contributed by atoms with Gasteiger partial charge in [0.2, 0.25) is 0 Å². The lowest BCUT2D eigenvalue weighted by Gasteiger charge is -2.19. The van der Waals surface area contributed by atoms with Gasteiger partial charge in [0.05, 0.1) is 12.7 Å². The van der Waals surface area contributed by atoms with Crippen LogP contribution in [0.2, 0.25) is 0 Å². The lowest BCUT2D eigenvalue weighted by Crippen LogP contribution is -2.20. The van der Waals surface area contributed by atoms with Crippen molar-refractivity contribution < 1.29 is 19.4 Å². The van der Waals surface area contributed by atoms with Crippen LogP contribution in [0.3, 0.4) is 0 Å². The molecule has 5 heteroatoms. The zero-order chi connectivity index (χ0) is 20.6. The van der Waals surface area contributed by atoms with Gasteiger partial charge in [0, 0.05) is 29.8 Å². The first kappa shape index (κ1) is 25.5. The van der Waals surface area contributed by atoms with E-state index in [0.29, 0.717) is 24.1 Å². The largest absolute Gasteiger partial charge is 0.466 e. The SMILES string of the molecule is CCCCCC(O)CSC1CCC(=O)C1CCCCCCCCC(=O)OCC. The summed E-state index contributed by atoms with van der Waals surface area (Å²) in [6.07, 6.45) is 14.0. The van der Waals surface area contributed by atoms with Gasteiger partial charge in [0.15, 0.2) is 0 Å². The van der Waals surface area contributed by atoms with Crippen LogP contribution >= 0.6 is 11.8 Å². The molecule has 0 heterocycles. The summed E-state index contributed by atoms with van der Waals surface area (Å²) in [5, 5.41) is 10.5. The van der Waals surface area contributed by atoms with Crippen molar-refractivity contribution in [2.24, 2.45) is 5.92 Å². The zero-order valence-corrected chi connectivity index (χ0v) is 18.9. The minimum absolute atomic E-state index is 0.0822. The molecule has 4 nitrogen and oxygen atoms in total. The summed E-state index contributed by atoms with van der Waals surface area (Å²) in [5.74, 6) is 1.34. The second-order valence-electron chi connectivity index (χ2n) is 8.10. The third kappa shape index (κ3) is 11.5. The maximum absolute atomic E-state index is 12.2. The first-order valence-corrected chi connectivity index (χ1v) is 12.6. The van der Waals surface area contributed by atoms with Gasteiger partial charge in [-0.25, -0.2) is 0 Å². The Morgan fingerprint density at radius 2 is 1.82 bits per heavy atom. The van der Waals surface area contributed by atoms with E-state index in [1.807, 2.05) is 18.7 Å². The topological polar surface area (TPSA) is 63.6 Å². The molecule has 1 aliphatic rings. The molecule has 1 aliphatic carbocycles. The van der Waals surface area contributed by atoms with Crippen molar-refractivity contribution in [1.82, 2.24) is 0 Å². The van der Waals surface area contributed by atoms with Gasteiger partial charge in [-0.05, 0) is 32.6 Å². The smallest absolute Gasteiger partial charge is 0.305 e. The highest BCUT2D eigenvalue weighted by atomic mass is 32.2. The monoisotopic (exact) mass is 414 g/mol. The molecule has 3 atom stereocenters.